The van der Waals surface area contributed by atoms with Crippen molar-refractivity contribution in [2.75, 3.05) is 6.54 Å². The van der Waals surface area contributed by atoms with Gasteiger partial charge in [0.1, 0.15) is 5.82 Å². The molecule has 2 nitrogen and oxygen atoms in total. The number of hydrogen-bond acceptors (Lipinski definition) is 2. The third-order valence-electron chi connectivity index (χ3n) is 2.88. The maximum Gasteiger partial charge on any atom is 0.163 e. The smallest absolute Gasteiger partial charge is 0.163 e. The molecule has 1 rings (SSSR count). The van der Waals surface area contributed by atoms with Gasteiger partial charge in [-0.3, -0.25) is 4.79 Å². The fourth-order valence-electron chi connectivity index (χ4n) is 1.54. The van der Waals surface area contributed by atoms with Crippen molar-refractivity contribution in [3.63, 3.8) is 0 Å². The zero-order chi connectivity index (χ0) is 12.1. The summed E-state index contributed by atoms with van der Waals surface area (Å²) in [5.41, 5.74) is 6.53. The Hall–Kier alpha value is -1.22. The van der Waals surface area contributed by atoms with Crippen LogP contribution in [0.2, 0.25) is 0 Å². The lowest BCUT2D eigenvalue weighted by molar-refractivity contribution is 0.0961. The van der Waals surface area contributed by atoms with Crippen molar-refractivity contribution in [1.82, 2.24) is 0 Å². The third-order valence-corrected chi connectivity index (χ3v) is 2.88. The molecule has 0 aliphatic heterocycles. The van der Waals surface area contributed by atoms with E-state index in [1.165, 1.54) is 6.07 Å². The van der Waals surface area contributed by atoms with Crippen molar-refractivity contribution in [1.29, 1.82) is 0 Å². The molecule has 0 radical (unpaired) electrons. The predicted octanol–water partition coefficient (Wildman–Crippen LogP) is 2.69. The van der Waals surface area contributed by atoms with Gasteiger partial charge in [-0.1, -0.05) is 25.5 Å². The molecule has 0 heterocycles. The van der Waals surface area contributed by atoms with E-state index in [2.05, 4.69) is 0 Å². The average Bonchev–Trinajstić information content (AvgIpc) is 2.29. The Bertz CT molecular complexity index is 372. The minimum atomic E-state index is -0.327. The summed E-state index contributed by atoms with van der Waals surface area (Å²) in [4.78, 5) is 11.8. The minimum Gasteiger partial charge on any atom is -0.330 e. The number of nitrogens with two attached hydrogens (primary N) is 1. The van der Waals surface area contributed by atoms with Crippen LogP contribution >= 0.6 is 0 Å². The van der Waals surface area contributed by atoms with E-state index >= 15 is 0 Å². The van der Waals surface area contributed by atoms with E-state index < -0.39 is 0 Å². The number of benzene rings is 1. The molecule has 0 aromatic heterocycles. The minimum absolute atomic E-state index is 0.0313. The van der Waals surface area contributed by atoms with Crippen LogP contribution < -0.4 is 5.73 Å². The first kappa shape index (κ1) is 12.8. The van der Waals surface area contributed by atoms with Crippen LogP contribution in [0.3, 0.4) is 0 Å². The highest BCUT2D eigenvalue weighted by Crippen LogP contribution is 2.15. The van der Waals surface area contributed by atoms with E-state index in [1.807, 2.05) is 6.92 Å². The molecule has 0 fully saturated rings. The van der Waals surface area contributed by atoms with E-state index in [1.54, 1.807) is 19.1 Å². The summed E-state index contributed by atoms with van der Waals surface area (Å²) in [6, 6.07) is 4.61. The van der Waals surface area contributed by atoms with Crippen LogP contribution in [0.4, 0.5) is 4.39 Å². The largest absolute Gasteiger partial charge is 0.330 e. The monoisotopic (exact) mass is 223 g/mol. The van der Waals surface area contributed by atoms with Crippen LogP contribution in [-0.4, -0.2) is 12.3 Å². The molecular formula is C13H18FNO. The number of rotatable bonds is 5. The molecule has 3 heteroatoms. The van der Waals surface area contributed by atoms with E-state index in [4.69, 9.17) is 5.73 Å². The maximum absolute atomic E-state index is 13.3. The molecule has 1 aromatic rings. The van der Waals surface area contributed by atoms with Crippen LogP contribution in [0.1, 0.15) is 35.7 Å². The number of carbonyl (C=O) groups is 1. The fourth-order valence-corrected chi connectivity index (χ4v) is 1.54. The number of halogens is 1. The Morgan fingerprint density at radius 1 is 1.50 bits per heavy atom. The first-order chi connectivity index (χ1) is 7.58. The molecule has 88 valence electrons. The second kappa shape index (κ2) is 5.75. The van der Waals surface area contributed by atoms with Gasteiger partial charge in [-0.2, -0.15) is 0 Å². The Labute approximate surface area is 95.7 Å². The van der Waals surface area contributed by atoms with Crippen molar-refractivity contribution >= 4 is 5.78 Å². The zero-order valence-electron chi connectivity index (χ0n) is 9.79. The van der Waals surface area contributed by atoms with Gasteiger partial charge in [-0.25, -0.2) is 4.39 Å². The Balaban J connectivity index is 2.76. The SMILES string of the molecule is CCC(CN)CC(=O)c1ccc(C)c(F)c1. The molecule has 0 bridgehead atoms. The molecule has 0 saturated heterocycles. The molecule has 1 aromatic carbocycles. The first-order valence-corrected chi connectivity index (χ1v) is 5.57. The van der Waals surface area contributed by atoms with Crippen LogP contribution in [0.25, 0.3) is 0 Å². The van der Waals surface area contributed by atoms with Gasteiger partial charge in [0.25, 0.3) is 0 Å². The maximum atomic E-state index is 13.3. The molecular weight excluding hydrogens is 205 g/mol. The quantitative estimate of drug-likeness (QED) is 0.780. The van der Waals surface area contributed by atoms with Crippen molar-refractivity contribution in [3.8, 4) is 0 Å². The van der Waals surface area contributed by atoms with Gasteiger partial charge >= 0.3 is 0 Å². The molecule has 0 saturated carbocycles. The Morgan fingerprint density at radius 3 is 2.69 bits per heavy atom. The lowest BCUT2D eigenvalue weighted by Gasteiger charge is -2.11. The van der Waals surface area contributed by atoms with E-state index in [-0.39, 0.29) is 17.5 Å². The Kier molecular flexibility index (Phi) is 4.62. The lowest BCUT2D eigenvalue weighted by Crippen LogP contribution is -2.17. The van der Waals surface area contributed by atoms with E-state index in [0.29, 0.717) is 24.1 Å². The summed E-state index contributed by atoms with van der Waals surface area (Å²) in [5.74, 6) is -0.167. The van der Waals surface area contributed by atoms with Crippen molar-refractivity contribution < 1.29 is 9.18 Å². The molecule has 0 spiro atoms. The van der Waals surface area contributed by atoms with Crippen molar-refractivity contribution in [2.45, 2.75) is 26.7 Å². The molecule has 0 aliphatic carbocycles. The molecule has 0 aliphatic rings. The summed E-state index contributed by atoms with van der Waals surface area (Å²) in [6.07, 6.45) is 1.27. The highest BCUT2D eigenvalue weighted by molar-refractivity contribution is 5.96. The summed E-state index contributed by atoms with van der Waals surface area (Å²) in [5, 5.41) is 0. The lowest BCUT2D eigenvalue weighted by atomic mass is 9.96. The van der Waals surface area contributed by atoms with Crippen LogP contribution in [0.15, 0.2) is 18.2 Å². The number of ketones is 1. The van der Waals surface area contributed by atoms with Crippen LogP contribution in [0.5, 0.6) is 0 Å². The molecule has 0 amide bonds. The predicted molar refractivity (Wildman–Crippen MR) is 62.9 cm³/mol. The normalized spacial score (nSPS) is 12.5. The highest BCUT2D eigenvalue weighted by Gasteiger charge is 2.13. The second-order valence-corrected chi connectivity index (χ2v) is 4.10. The van der Waals surface area contributed by atoms with Gasteiger partial charge in [0.2, 0.25) is 0 Å². The molecule has 16 heavy (non-hydrogen) atoms. The molecule has 2 N–H and O–H groups in total. The van der Waals surface area contributed by atoms with Crippen molar-refractivity contribution in [3.05, 3.63) is 35.1 Å². The zero-order valence-corrected chi connectivity index (χ0v) is 9.79. The van der Waals surface area contributed by atoms with Gasteiger partial charge in [-0.05, 0) is 31.0 Å². The number of Topliss-reactive ketones (excluding diaryl/α,β-unsaturated/α-hetero) is 1. The van der Waals surface area contributed by atoms with Gasteiger partial charge in [0.15, 0.2) is 5.78 Å². The summed E-state index contributed by atoms with van der Waals surface area (Å²) < 4.78 is 13.3. The summed E-state index contributed by atoms with van der Waals surface area (Å²) in [6.45, 7) is 4.18. The second-order valence-electron chi connectivity index (χ2n) is 4.10. The van der Waals surface area contributed by atoms with Crippen LogP contribution in [0, 0.1) is 18.7 Å². The van der Waals surface area contributed by atoms with Gasteiger partial charge < -0.3 is 5.73 Å². The van der Waals surface area contributed by atoms with Gasteiger partial charge in [-0.15, -0.1) is 0 Å². The standard InChI is InChI=1S/C13H18FNO/c1-3-10(8-15)6-13(16)11-5-4-9(2)12(14)7-11/h4-5,7,10H,3,6,8,15H2,1-2H3. The van der Waals surface area contributed by atoms with Gasteiger partial charge in [0.05, 0.1) is 0 Å². The van der Waals surface area contributed by atoms with E-state index in [9.17, 15) is 9.18 Å². The topological polar surface area (TPSA) is 43.1 Å². The van der Waals surface area contributed by atoms with Crippen LogP contribution in [-0.2, 0) is 0 Å². The average molecular weight is 223 g/mol. The number of aryl methyl sites for hydroxylation is 1. The first-order valence-electron chi connectivity index (χ1n) is 5.57. The number of hydrogen-bond donors (Lipinski definition) is 1. The summed E-state index contributed by atoms with van der Waals surface area (Å²) >= 11 is 0. The summed E-state index contributed by atoms with van der Waals surface area (Å²) in [7, 11) is 0. The van der Waals surface area contributed by atoms with Crippen molar-refractivity contribution in [2.24, 2.45) is 11.7 Å². The highest BCUT2D eigenvalue weighted by atomic mass is 19.1. The van der Waals surface area contributed by atoms with E-state index in [0.717, 1.165) is 6.42 Å². The third kappa shape index (κ3) is 3.14. The molecule has 1 atom stereocenters. The Morgan fingerprint density at radius 2 is 2.19 bits per heavy atom. The fraction of sp³-hybridized carbons (Fsp3) is 0.462. The number of carbonyl (C=O) groups excluding carboxylic acids is 1. The van der Waals surface area contributed by atoms with Gasteiger partial charge in [0, 0.05) is 12.0 Å². The molecule has 1 unspecified atom stereocenters.